The molecular formula is C10H8ClFN2O2. The van der Waals surface area contributed by atoms with Crippen molar-refractivity contribution in [2.24, 2.45) is 0 Å². The number of hydrogen-bond donors (Lipinski definition) is 2. The first kappa shape index (κ1) is 10.9. The van der Waals surface area contributed by atoms with Crippen LogP contribution in [0.15, 0.2) is 18.2 Å². The Labute approximate surface area is 95.8 Å². The third-order valence-electron chi connectivity index (χ3n) is 2.23. The molecule has 1 aliphatic rings. The molecule has 0 radical (unpaired) electrons. The van der Waals surface area contributed by atoms with Crippen LogP contribution in [-0.4, -0.2) is 17.9 Å². The Morgan fingerprint density at radius 3 is 2.81 bits per heavy atom. The van der Waals surface area contributed by atoms with Gasteiger partial charge >= 0.3 is 0 Å². The highest BCUT2D eigenvalue weighted by atomic mass is 35.5. The molecule has 84 valence electrons. The number of amides is 2. The van der Waals surface area contributed by atoms with E-state index >= 15 is 0 Å². The van der Waals surface area contributed by atoms with Crippen molar-refractivity contribution in [3.8, 4) is 0 Å². The second-order valence-corrected chi connectivity index (χ2v) is 3.87. The second kappa shape index (κ2) is 4.09. The Morgan fingerprint density at radius 1 is 1.44 bits per heavy atom. The molecule has 1 unspecified atom stereocenters. The molecule has 1 aromatic rings. The number of imide groups is 1. The molecule has 1 heterocycles. The van der Waals surface area contributed by atoms with Crippen LogP contribution >= 0.6 is 11.6 Å². The lowest BCUT2D eigenvalue weighted by Gasteiger charge is -2.11. The number of hydrogen-bond acceptors (Lipinski definition) is 3. The molecule has 4 nitrogen and oxygen atoms in total. The molecule has 0 saturated carbocycles. The highest BCUT2D eigenvalue weighted by Gasteiger charge is 2.30. The number of nitrogens with one attached hydrogen (secondary N) is 2. The Morgan fingerprint density at radius 2 is 2.19 bits per heavy atom. The Balaban J connectivity index is 2.18. The zero-order valence-corrected chi connectivity index (χ0v) is 8.84. The van der Waals surface area contributed by atoms with E-state index in [-0.39, 0.29) is 18.0 Å². The van der Waals surface area contributed by atoms with E-state index in [1.165, 1.54) is 18.2 Å². The first-order valence-corrected chi connectivity index (χ1v) is 4.99. The molecule has 0 spiro atoms. The van der Waals surface area contributed by atoms with Gasteiger partial charge in [0.25, 0.3) is 0 Å². The number of benzene rings is 1. The third kappa shape index (κ3) is 2.14. The summed E-state index contributed by atoms with van der Waals surface area (Å²) < 4.78 is 13.3. The summed E-state index contributed by atoms with van der Waals surface area (Å²) in [5.41, 5.74) is 0.113. The lowest BCUT2D eigenvalue weighted by Crippen LogP contribution is -2.30. The summed E-state index contributed by atoms with van der Waals surface area (Å²) in [4.78, 5) is 22.1. The molecule has 2 rings (SSSR count). The molecule has 0 bridgehead atoms. The molecule has 1 fully saturated rings. The van der Waals surface area contributed by atoms with Crippen LogP contribution in [0.25, 0.3) is 0 Å². The van der Waals surface area contributed by atoms with Gasteiger partial charge in [-0.05, 0) is 18.2 Å². The summed E-state index contributed by atoms with van der Waals surface area (Å²) in [7, 11) is 0. The average Bonchev–Trinajstić information content (AvgIpc) is 2.51. The minimum atomic E-state index is -0.736. The van der Waals surface area contributed by atoms with Crippen molar-refractivity contribution in [2.75, 3.05) is 5.32 Å². The first-order valence-electron chi connectivity index (χ1n) is 4.61. The largest absolute Gasteiger partial charge is 0.371 e. The number of halogens is 2. The van der Waals surface area contributed by atoms with E-state index in [1.54, 1.807) is 0 Å². The van der Waals surface area contributed by atoms with Gasteiger partial charge in [0.15, 0.2) is 0 Å². The summed E-state index contributed by atoms with van der Waals surface area (Å²) in [5, 5.41) is 5.12. The van der Waals surface area contributed by atoms with Crippen molar-refractivity contribution in [3.05, 3.63) is 29.0 Å². The van der Waals surface area contributed by atoms with Crippen LogP contribution in [0, 0.1) is 5.82 Å². The quantitative estimate of drug-likeness (QED) is 0.769. The predicted molar refractivity (Wildman–Crippen MR) is 56.6 cm³/mol. The van der Waals surface area contributed by atoms with Gasteiger partial charge in [-0.25, -0.2) is 4.39 Å². The van der Waals surface area contributed by atoms with Gasteiger partial charge < -0.3 is 5.32 Å². The van der Waals surface area contributed by atoms with Crippen LogP contribution in [0.1, 0.15) is 6.42 Å². The van der Waals surface area contributed by atoms with E-state index in [0.29, 0.717) is 5.02 Å². The van der Waals surface area contributed by atoms with Crippen molar-refractivity contribution in [1.29, 1.82) is 0 Å². The van der Waals surface area contributed by atoms with Crippen LogP contribution in [0.5, 0.6) is 0 Å². The van der Waals surface area contributed by atoms with Gasteiger partial charge in [0.1, 0.15) is 11.9 Å². The second-order valence-electron chi connectivity index (χ2n) is 3.44. The summed E-state index contributed by atoms with van der Waals surface area (Å²) >= 11 is 5.69. The molecule has 16 heavy (non-hydrogen) atoms. The smallest absolute Gasteiger partial charge is 0.249 e. The summed E-state index contributed by atoms with van der Waals surface area (Å²) in [6, 6.07) is 3.23. The van der Waals surface area contributed by atoms with Crippen molar-refractivity contribution in [1.82, 2.24) is 5.32 Å². The van der Waals surface area contributed by atoms with E-state index in [2.05, 4.69) is 10.6 Å². The lowest BCUT2D eigenvalue weighted by atomic mass is 10.2. The van der Waals surface area contributed by atoms with Crippen molar-refractivity contribution < 1.29 is 14.0 Å². The fourth-order valence-corrected chi connectivity index (χ4v) is 1.64. The minimum Gasteiger partial charge on any atom is -0.371 e. The highest BCUT2D eigenvalue weighted by molar-refractivity contribution is 6.30. The van der Waals surface area contributed by atoms with Crippen molar-refractivity contribution in [3.63, 3.8) is 0 Å². The van der Waals surface area contributed by atoms with Gasteiger partial charge in [0.2, 0.25) is 11.8 Å². The molecule has 6 heteroatoms. The molecule has 1 atom stereocenters. The number of carbonyl (C=O) groups excluding carboxylic acids is 2. The maximum atomic E-state index is 13.3. The van der Waals surface area contributed by atoms with Gasteiger partial charge in [-0.15, -0.1) is 0 Å². The molecule has 2 amide bonds. The minimum absolute atomic E-state index is 0.00475. The first-order chi connectivity index (χ1) is 7.56. The molecule has 1 aliphatic heterocycles. The van der Waals surface area contributed by atoms with Gasteiger partial charge in [-0.3, -0.25) is 14.9 Å². The zero-order chi connectivity index (χ0) is 11.7. The summed E-state index contributed by atoms with van der Waals surface area (Å²) in [6.07, 6.45) is 0.00475. The van der Waals surface area contributed by atoms with Crippen LogP contribution in [0.2, 0.25) is 5.02 Å². The molecule has 2 N–H and O–H groups in total. The van der Waals surface area contributed by atoms with E-state index in [9.17, 15) is 14.0 Å². The summed E-state index contributed by atoms with van der Waals surface area (Å²) in [5.74, 6) is -1.34. The predicted octanol–water partition coefficient (Wildman–Crippen LogP) is 1.31. The zero-order valence-electron chi connectivity index (χ0n) is 8.09. The van der Waals surface area contributed by atoms with Crippen LogP contribution in [0.3, 0.4) is 0 Å². The van der Waals surface area contributed by atoms with E-state index in [1.807, 2.05) is 0 Å². The SMILES string of the molecule is O=C1CC(Nc2cc(Cl)ccc2F)C(=O)N1. The molecule has 0 aliphatic carbocycles. The van der Waals surface area contributed by atoms with E-state index in [0.717, 1.165) is 0 Å². The molecule has 1 aromatic carbocycles. The fourth-order valence-electron chi connectivity index (χ4n) is 1.47. The van der Waals surface area contributed by atoms with Gasteiger partial charge in [-0.1, -0.05) is 11.6 Å². The van der Waals surface area contributed by atoms with Crippen LogP contribution in [0.4, 0.5) is 10.1 Å². The number of rotatable bonds is 2. The van der Waals surface area contributed by atoms with E-state index < -0.39 is 17.8 Å². The van der Waals surface area contributed by atoms with Gasteiger partial charge in [0, 0.05) is 5.02 Å². The van der Waals surface area contributed by atoms with E-state index in [4.69, 9.17) is 11.6 Å². The Kier molecular flexibility index (Phi) is 2.78. The monoisotopic (exact) mass is 242 g/mol. The van der Waals surface area contributed by atoms with Crippen molar-refractivity contribution >= 4 is 29.1 Å². The normalized spacial score (nSPS) is 19.8. The highest BCUT2D eigenvalue weighted by Crippen LogP contribution is 2.21. The Bertz CT molecular complexity index is 464. The average molecular weight is 243 g/mol. The fraction of sp³-hybridized carbons (Fsp3) is 0.200. The standard InChI is InChI=1S/C10H8ClFN2O2/c11-5-1-2-6(12)7(3-5)13-8-4-9(15)14-10(8)16/h1-3,8,13H,4H2,(H,14,15,16). The van der Waals surface area contributed by atoms with Crippen molar-refractivity contribution in [2.45, 2.75) is 12.5 Å². The molecule has 1 saturated heterocycles. The maximum Gasteiger partial charge on any atom is 0.249 e. The maximum absolute atomic E-state index is 13.3. The summed E-state index contributed by atoms with van der Waals surface area (Å²) in [6.45, 7) is 0. The lowest BCUT2D eigenvalue weighted by molar-refractivity contribution is -0.124. The van der Waals surface area contributed by atoms with Gasteiger partial charge in [0.05, 0.1) is 12.1 Å². The topological polar surface area (TPSA) is 58.2 Å². The van der Waals surface area contributed by atoms with Crippen LogP contribution < -0.4 is 10.6 Å². The van der Waals surface area contributed by atoms with Crippen LogP contribution in [-0.2, 0) is 9.59 Å². The number of carbonyl (C=O) groups is 2. The number of anilines is 1. The molecular weight excluding hydrogens is 235 g/mol. The third-order valence-corrected chi connectivity index (χ3v) is 2.46. The van der Waals surface area contributed by atoms with Gasteiger partial charge in [-0.2, -0.15) is 0 Å². The Hall–Kier alpha value is -1.62. The molecule has 0 aromatic heterocycles.